The highest BCUT2D eigenvalue weighted by Crippen LogP contribution is 2.57. The second-order valence-corrected chi connectivity index (χ2v) is 11.2. The Labute approximate surface area is 203 Å². The van der Waals surface area contributed by atoms with Crippen molar-refractivity contribution in [2.45, 2.75) is 25.1 Å². The summed E-state index contributed by atoms with van der Waals surface area (Å²) in [6, 6.07) is 16.6. The number of anilines is 2. The topological polar surface area (TPSA) is 90.6 Å². The van der Waals surface area contributed by atoms with Gasteiger partial charge in [0.15, 0.2) is 0 Å². The lowest BCUT2D eigenvalue weighted by atomic mass is 10.1. The van der Waals surface area contributed by atoms with Crippen molar-refractivity contribution in [3.05, 3.63) is 95.4 Å². The summed E-state index contributed by atoms with van der Waals surface area (Å²) in [4.78, 5) is 14.0. The number of rotatable bonds is 8. The number of thiophene rings is 1. The number of allylic oxidation sites excluding steroid dienone is 4. The van der Waals surface area contributed by atoms with Gasteiger partial charge in [-0.3, -0.25) is 9.36 Å². The smallest absolute Gasteiger partial charge is 0.338 e. The number of hydrogen-bond donors (Lipinski definition) is 2. The number of carbonyl (C=O) groups excluding carboxylic acids is 1. The van der Waals surface area contributed by atoms with Gasteiger partial charge >= 0.3 is 7.60 Å². The van der Waals surface area contributed by atoms with Crippen molar-refractivity contribution in [2.24, 2.45) is 0 Å². The van der Waals surface area contributed by atoms with Crippen LogP contribution in [0.5, 0.6) is 0 Å². The summed E-state index contributed by atoms with van der Waals surface area (Å²) < 4.78 is 24.5. The minimum atomic E-state index is -3.34. The molecule has 3 N–H and O–H groups in total. The first-order chi connectivity index (χ1) is 16.4. The third kappa shape index (κ3) is 5.40. The quantitative estimate of drug-likeness (QED) is 0.259. The van der Waals surface area contributed by atoms with Gasteiger partial charge in [-0.2, -0.15) is 0 Å². The Bertz CT molecular complexity index is 1250. The van der Waals surface area contributed by atoms with Crippen LogP contribution in [0.3, 0.4) is 0 Å². The minimum absolute atomic E-state index is 0.267. The monoisotopic (exact) mass is 494 g/mol. The van der Waals surface area contributed by atoms with Crippen molar-refractivity contribution < 1.29 is 18.4 Å². The third-order valence-corrected chi connectivity index (χ3v) is 8.91. The first-order valence-corrected chi connectivity index (χ1v) is 13.4. The highest BCUT2D eigenvalue weighted by atomic mass is 32.1. The van der Waals surface area contributed by atoms with Crippen molar-refractivity contribution in [3.8, 4) is 10.4 Å². The van der Waals surface area contributed by atoms with Gasteiger partial charge in [-0.1, -0.05) is 48.6 Å². The van der Waals surface area contributed by atoms with E-state index in [9.17, 15) is 9.36 Å². The van der Waals surface area contributed by atoms with Crippen LogP contribution in [0, 0.1) is 0 Å². The molecule has 3 unspecified atom stereocenters. The second-order valence-electron chi connectivity index (χ2n) is 7.94. The van der Waals surface area contributed by atoms with Crippen LogP contribution in [0.15, 0.2) is 84.3 Å². The highest BCUT2D eigenvalue weighted by molar-refractivity contribution is 7.54. The molecule has 0 aliphatic heterocycles. The van der Waals surface area contributed by atoms with Gasteiger partial charge in [0, 0.05) is 17.6 Å². The zero-order valence-electron chi connectivity index (χ0n) is 19.0. The summed E-state index contributed by atoms with van der Waals surface area (Å²) in [5.41, 5.74) is 9.10. The normalized spacial score (nSPS) is 17.8. The first kappa shape index (κ1) is 24.2. The van der Waals surface area contributed by atoms with Gasteiger partial charge in [0.25, 0.3) is 5.91 Å². The maximum atomic E-state index is 13.2. The van der Waals surface area contributed by atoms with Crippen molar-refractivity contribution >= 4 is 36.2 Å². The maximum absolute atomic E-state index is 13.2. The van der Waals surface area contributed by atoms with Crippen LogP contribution in [-0.4, -0.2) is 18.7 Å². The highest BCUT2D eigenvalue weighted by Gasteiger charge is 2.35. The molecule has 1 heterocycles. The van der Waals surface area contributed by atoms with Crippen LogP contribution in [0.25, 0.3) is 10.4 Å². The number of nitrogens with two attached hydrogens (primary N) is 1. The maximum Gasteiger partial charge on any atom is 0.338 e. The fraction of sp³-hybridized carbons (Fsp3) is 0.192. The number of nitrogen functional groups attached to an aromatic ring is 1. The molecule has 8 heteroatoms. The Kier molecular flexibility index (Phi) is 7.49. The Morgan fingerprint density at radius 2 is 1.97 bits per heavy atom. The molecule has 1 aliphatic rings. The van der Waals surface area contributed by atoms with Crippen LogP contribution in [0.2, 0.25) is 0 Å². The first-order valence-electron chi connectivity index (χ1n) is 10.9. The van der Waals surface area contributed by atoms with Crippen LogP contribution in [-0.2, 0) is 13.6 Å². The molecule has 0 fully saturated rings. The van der Waals surface area contributed by atoms with Crippen molar-refractivity contribution in [2.75, 3.05) is 18.2 Å². The van der Waals surface area contributed by atoms with Gasteiger partial charge in [0.1, 0.15) is 0 Å². The lowest BCUT2D eigenvalue weighted by Gasteiger charge is -2.27. The van der Waals surface area contributed by atoms with Gasteiger partial charge in [0.05, 0.1) is 23.1 Å². The number of benzene rings is 2. The molecule has 3 atom stereocenters. The largest absolute Gasteiger partial charge is 0.397 e. The van der Waals surface area contributed by atoms with Gasteiger partial charge in [-0.25, -0.2) is 0 Å². The fourth-order valence-electron chi connectivity index (χ4n) is 3.70. The van der Waals surface area contributed by atoms with Gasteiger partial charge in [-0.05, 0) is 60.2 Å². The molecule has 3 aromatic rings. The average molecular weight is 495 g/mol. The summed E-state index contributed by atoms with van der Waals surface area (Å²) in [5.74, 6) is -0.267. The van der Waals surface area contributed by atoms with E-state index in [1.54, 1.807) is 41.7 Å². The Balaban J connectivity index is 1.44. The second kappa shape index (κ2) is 10.5. The zero-order chi connectivity index (χ0) is 24.1. The molecule has 1 aliphatic carbocycles. The predicted molar refractivity (Wildman–Crippen MR) is 139 cm³/mol. The van der Waals surface area contributed by atoms with E-state index < -0.39 is 13.7 Å². The summed E-state index contributed by atoms with van der Waals surface area (Å²) in [6.07, 6.45) is 7.69. The lowest BCUT2D eigenvalue weighted by molar-refractivity contribution is 0.102. The van der Waals surface area contributed by atoms with Crippen molar-refractivity contribution in [3.63, 3.8) is 0 Å². The number of amides is 1. The van der Waals surface area contributed by atoms with Crippen molar-refractivity contribution in [1.82, 2.24) is 0 Å². The van der Waals surface area contributed by atoms with E-state index in [1.807, 2.05) is 60.9 Å². The molecule has 1 aromatic heterocycles. The summed E-state index contributed by atoms with van der Waals surface area (Å²) in [6.45, 7) is 1.82. The molecule has 176 valence electrons. The van der Waals surface area contributed by atoms with Gasteiger partial charge in [-0.15, -0.1) is 11.3 Å². The predicted octanol–water partition coefficient (Wildman–Crippen LogP) is 7.05. The molecule has 34 heavy (non-hydrogen) atoms. The van der Waals surface area contributed by atoms with Crippen LogP contribution >= 0.6 is 18.9 Å². The van der Waals surface area contributed by atoms with E-state index in [-0.39, 0.29) is 11.6 Å². The molecule has 6 nitrogen and oxygen atoms in total. The standard InChI is InChI=1S/C26H27N2O4PS/c1-18(32-33(30,31-2)22-7-4-3-5-8-22)19-10-12-20(13-11-19)26(29)28-24-17-21(14-15-23(24)27)25-9-6-16-34-25/h3-7,9-18,22H,8,27H2,1-2H3,(H,28,29). The molecule has 0 saturated heterocycles. The minimum Gasteiger partial charge on any atom is -0.397 e. The fourth-order valence-corrected chi connectivity index (χ4v) is 6.19. The SMILES string of the molecule is COP(=O)(OC(C)c1ccc(C(=O)Nc2cc(-c3cccs3)ccc2N)cc1)C1C=CC=CC1. The average Bonchev–Trinajstić information content (AvgIpc) is 3.41. The zero-order valence-corrected chi connectivity index (χ0v) is 20.7. The molecule has 0 spiro atoms. The van der Waals surface area contributed by atoms with Gasteiger partial charge in [0.2, 0.25) is 0 Å². The van der Waals surface area contributed by atoms with Crippen LogP contribution in [0.1, 0.15) is 35.4 Å². The van der Waals surface area contributed by atoms with E-state index in [1.165, 1.54) is 7.11 Å². The van der Waals surface area contributed by atoms with Crippen LogP contribution < -0.4 is 11.1 Å². The Morgan fingerprint density at radius 1 is 1.18 bits per heavy atom. The van der Waals surface area contributed by atoms with Crippen molar-refractivity contribution in [1.29, 1.82) is 0 Å². The third-order valence-electron chi connectivity index (χ3n) is 5.67. The van der Waals surface area contributed by atoms with Crippen LogP contribution in [0.4, 0.5) is 11.4 Å². The van der Waals surface area contributed by atoms with E-state index in [2.05, 4.69) is 5.32 Å². The van der Waals surface area contributed by atoms with E-state index in [0.717, 1.165) is 16.0 Å². The Morgan fingerprint density at radius 3 is 2.62 bits per heavy atom. The van der Waals surface area contributed by atoms with E-state index >= 15 is 0 Å². The molecule has 0 radical (unpaired) electrons. The van der Waals surface area contributed by atoms with E-state index in [0.29, 0.717) is 23.4 Å². The number of carbonyl (C=O) groups is 1. The molecule has 4 rings (SSSR count). The molecule has 1 amide bonds. The molecule has 2 aromatic carbocycles. The molecule has 0 bridgehead atoms. The van der Waals surface area contributed by atoms with Gasteiger partial charge < -0.3 is 20.1 Å². The Hall–Kier alpha value is -2.96. The summed E-state index contributed by atoms with van der Waals surface area (Å²) >= 11 is 1.62. The lowest BCUT2D eigenvalue weighted by Crippen LogP contribution is -2.14. The summed E-state index contributed by atoms with van der Waals surface area (Å²) in [5, 5.41) is 4.90. The molecular formula is C26H27N2O4PS. The number of hydrogen-bond acceptors (Lipinski definition) is 6. The number of nitrogens with one attached hydrogen (secondary N) is 1. The molecule has 0 saturated carbocycles. The summed E-state index contributed by atoms with van der Waals surface area (Å²) in [7, 11) is -1.93. The van der Waals surface area contributed by atoms with E-state index in [4.69, 9.17) is 14.8 Å². The molecular weight excluding hydrogens is 467 g/mol.